The van der Waals surface area contributed by atoms with E-state index < -0.39 is 0 Å². The first-order chi connectivity index (χ1) is 11.9. The monoisotopic (exact) mass is 342 g/mol. The third kappa shape index (κ3) is 4.09. The van der Waals surface area contributed by atoms with Crippen molar-refractivity contribution in [3.8, 4) is 0 Å². The zero-order valence-electron chi connectivity index (χ0n) is 14.9. The largest absolute Gasteiger partial charge is 0.349 e. The SMILES string of the molecule is CC1CCCC(C)C1NC(=O)c1ccc(CC2CC(=O)NC2=O)cc1. The van der Waals surface area contributed by atoms with Crippen LogP contribution in [0.5, 0.6) is 0 Å². The molecule has 1 aliphatic carbocycles. The maximum Gasteiger partial charge on any atom is 0.251 e. The summed E-state index contributed by atoms with van der Waals surface area (Å²) in [4.78, 5) is 35.4. The molecule has 25 heavy (non-hydrogen) atoms. The van der Waals surface area contributed by atoms with Crippen LogP contribution in [-0.4, -0.2) is 23.8 Å². The first kappa shape index (κ1) is 17.6. The van der Waals surface area contributed by atoms with Crippen LogP contribution >= 0.6 is 0 Å². The van der Waals surface area contributed by atoms with Gasteiger partial charge in [-0.05, 0) is 48.8 Å². The lowest BCUT2D eigenvalue weighted by molar-refractivity contribution is -0.125. The standard InChI is InChI=1S/C20H26N2O3/c1-12-4-3-5-13(2)18(12)22-19(24)15-8-6-14(7-9-15)10-16-11-17(23)21-20(16)25/h6-9,12-13,16,18H,3-5,10-11H2,1-2H3,(H,22,24)(H,21,23,25). The highest BCUT2D eigenvalue weighted by Crippen LogP contribution is 2.29. The molecule has 1 heterocycles. The summed E-state index contributed by atoms with van der Waals surface area (Å²) in [5.74, 6) is 0.270. The van der Waals surface area contributed by atoms with Gasteiger partial charge in [0.1, 0.15) is 0 Å². The summed E-state index contributed by atoms with van der Waals surface area (Å²) in [6, 6.07) is 7.58. The third-order valence-corrected chi connectivity index (χ3v) is 5.61. The molecule has 0 aromatic heterocycles. The Kier molecular flexibility index (Phi) is 5.21. The lowest BCUT2D eigenvalue weighted by atomic mass is 9.78. The highest BCUT2D eigenvalue weighted by atomic mass is 16.2. The van der Waals surface area contributed by atoms with E-state index in [-0.39, 0.29) is 36.1 Å². The minimum Gasteiger partial charge on any atom is -0.349 e. The lowest BCUT2D eigenvalue weighted by Crippen LogP contribution is -2.45. The van der Waals surface area contributed by atoms with Gasteiger partial charge in [0.15, 0.2) is 0 Å². The van der Waals surface area contributed by atoms with Crippen molar-refractivity contribution in [1.82, 2.24) is 10.6 Å². The van der Waals surface area contributed by atoms with E-state index in [0.717, 1.165) is 18.4 Å². The van der Waals surface area contributed by atoms with Gasteiger partial charge in [0, 0.05) is 18.0 Å². The van der Waals surface area contributed by atoms with E-state index in [4.69, 9.17) is 0 Å². The van der Waals surface area contributed by atoms with E-state index in [1.807, 2.05) is 12.1 Å². The molecule has 3 rings (SSSR count). The van der Waals surface area contributed by atoms with E-state index in [0.29, 0.717) is 23.8 Å². The normalized spacial score (nSPS) is 29.4. The number of benzene rings is 1. The number of hydrogen-bond donors (Lipinski definition) is 2. The van der Waals surface area contributed by atoms with Crippen molar-refractivity contribution >= 4 is 17.7 Å². The number of nitrogens with one attached hydrogen (secondary N) is 2. The highest BCUT2D eigenvalue weighted by molar-refractivity contribution is 6.03. The second kappa shape index (κ2) is 7.38. The van der Waals surface area contributed by atoms with Gasteiger partial charge in [0.05, 0.1) is 5.92 Å². The van der Waals surface area contributed by atoms with Gasteiger partial charge in [0.2, 0.25) is 11.8 Å². The van der Waals surface area contributed by atoms with Crippen LogP contribution in [0.15, 0.2) is 24.3 Å². The van der Waals surface area contributed by atoms with E-state index >= 15 is 0 Å². The van der Waals surface area contributed by atoms with Crippen molar-refractivity contribution in [2.75, 3.05) is 0 Å². The maximum absolute atomic E-state index is 12.5. The smallest absolute Gasteiger partial charge is 0.251 e. The van der Waals surface area contributed by atoms with Gasteiger partial charge in [-0.2, -0.15) is 0 Å². The van der Waals surface area contributed by atoms with Gasteiger partial charge in [-0.25, -0.2) is 0 Å². The number of rotatable bonds is 4. The first-order valence-electron chi connectivity index (χ1n) is 9.17. The van der Waals surface area contributed by atoms with Crippen molar-refractivity contribution in [1.29, 1.82) is 0 Å². The Morgan fingerprint density at radius 2 is 1.76 bits per heavy atom. The van der Waals surface area contributed by atoms with Crippen molar-refractivity contribution < 1.29 is 14.4 Å². The van der Waals surface area contributed by atoms with Gasteiger partial charge in [-0.1, -0.05) is 32.4 Å². The summed E-state index contributed by atoms with van der Waals surface area (Å²) >= 11 is 0. The maximum atomic E-state index is 12.5. The fourth-order valence-corrected chi connectivity index (χ4v) is 4.05. The topological polar surface area (TPSA) is 75.3 Å². The van der Waals surface area contributed by atoms with Crippen LogP contribution in [-0.2, 0) is 16.0 Å². The molecule has 1 aliphatic heterocycles. The molecular weight excluding hydrogens is 316 g/mol. The molecule has 3 amide bonds. The minimum absolute atomic E-state index is 0.0362. The second-order valence-corrected chi connectivity index (χ2v) is 7.60. The van der Waals surface area contributed by atoms with Crippen LogP contribution < -0.4 is 10.6 Å². The molecule has 2 aliphatic rings. The predicted molar refractivity (Wildman–Crippen MR) is 94.8 cm³/mol. The van der Waals surface area contributed by atoms with Crippen LogP contribution in [0.4, 0.5) is 0 Å². The van der Waals surface area contributed by atoms with Gasteiger partial charge in [-0.3, -0.25) is 19.7 Å². The summed E-state index contributed by atoms with van der Waals surface area (Å²) < 4.78 is 0. The molecule has 1 aromatic rings. The van der Waals surface area contributed by atoms with E-state index in [1.54, 1.807) is 12.1 Å². The van der Waals surface area contributed by atoms with Crippen molar-refractivity contribution in [3.63, 3.8) is 0 Å². The quantitative estimate of drug-likeness (QED) is 0.825. The van der Waals surface area contributed by atoms with Gasteiger partial charge in [0.25, 0.3) is 5.91 Å². The molecule has 0 spiro atoms. The number of carbonyl (C=O) groups excluding carboxylic acids is 3. The average molecular weight is 342 g/mol. The zero-order chi connectivity index (χ0) is 18.0. The molecule has 0 bridgehead atoms. The molecule has 2 fully saturated rings. The summed E-state index contributed by atoms with van der Waals surface area (Å²) in [6.45, 7) is 4.41. The van der Waals surface area contributed by atoms with Crippen LogP contribution in [0.2, 0.25) is 0 Å². The number of carbonyl (C=O) groups is 3. The lowest BCUT2D eigenvalue weighted by Gasteiger charge is -2.35. The van der Waals surface area contributed by atoms with Gasteiger partial charge >= 0.3 is 0 Å². The molecule has 134 valence electrons. The summed E-state index contributed by atoms with van der Waals surface area (Å²) in [5.41, 5.74) is 1.60. The Morgan fingerprint density at radius 1 is 1.12 bits per heavy atom. The Hall–Kier alpha value is -2.17. The Morgan fingerprint density at radius 3 is 2.32 bits per heavy atom. The van der Waals surface area contributed by atoms with Crippen molar-refractivity contribution in [3.05, 3.63) is 35.4 Å². The Labute approximate surface area is 148 Å². The highest BCUT2D eigenvalue weighted by Gasteiger charge is 2.31. The first-order valence-corrected chi connectivity index (χ1v) is 9.17. The van der Waals surface area contributed by atoms with Crippen LogP contribution in [0, 0.1) is 17.8 Å². The molecule has 3 unspecified atom stereocenters. The second-order valence-electron chi connectivity index (χ2n) is 7.60. The molecular formula is C20H26N2O3. The Bertz CT molecular complexity index is 658. The van der Waals surface area contributed by atoms with E-state index in [1.165, 1.54) is 6.42 Å². The molecule has 1 saturated heterocycles. The summed E-state index contributed by atoms with van der Waals surface area (Å²) in [6.07, 6.45) is 4.34. The minimum atomic E-state index is -0.295. The predicted octanol–water partition coefficient (Wildman–Crippen LogP) is 2.45. The molecule has 5 heteroatoms. The number of imide groups is 1. The van der Waals surface area contributed by atoms with Crippen LogP contribution in [0.1, 0.15) is 55.5 Å². The average Bonchev–Trinajstić information content (AvgIpc) is 2.89. The Balaban J connectivity index is 1.60. The van der Waals surface area contributed by atoms with Gasteiger partial charge < -0.3 is 5.32 Å². The van der Waals surface area contributed by atoms with Gasteiger partial charge in [-0.15, -0.1) is 0 Å². The summed E-state index contributed by atoms with van der Waals surface area (Å²) in [5, 5.41) is 5.52. The summed E-state index contributed by atoms with van der Waals surface area (Å²) in [7, 11) is 0. The van der Waals surface area contributed by atoms with Crippen molar-refractivity contribution in [2.24, 2.45) is 17.8 Å². The van der Waals surface area contributed by atoms with Crippen molar-refractivity contribution in [2.45, 2.75) is 52.0 Å². The fraction of sp³-hybridized carbons (Fsp3) is 0.550. The van der Waals surface area contributed by atoms with E-state index in [9.17, 15) is 14.4 Å². The zero-order valence-corrected chi connectivity index (χ0v) is 14.9. The number of amides is 3. The molecule has 1 aromatic carbocycles. The van der Waals surface area contributed by atoms with Crippen LogP contribution in [0.3, 0.4) is 0 Å². The molecule has 2 N–H and O–H groups in total. The molecule has 5 nitrogen and oxygen atoms in total. The molecule has 1 saturated carbocycles. The molecule has 3 atom stereocenters. The van der Waals surface area contributed by atoms with Crippen LogP contribution in [0.25, 0.3) is 0 Å². The fourth-order valence-electron chi connectivity index (χ4n) is 4.05. The third-order valence-electron chi connectivity index (χ3n) is 5.61. The van der Waals surface area contributed by atoms with E-state index in [2.05, 4.69) is 24.5 Å². The molecule has 0 radical (unpaired) electrons. The number of hydrogen-bond acceptors (Lipinski definition) is 3.